The first-order valence-electron chi connectivity index (χ1n) is 5.30. The van der Waals surface area contributed by atoms with E-state index in [1.807, 2.05) is 17.5 Å². The first kappa shape index (κ1) is 12.8. The second kappa shape index (κ2) is 5.79. The Labute approximate surface area is 112 Å². The van der Waals surface area contributed by atoms with Crippen LogP contribution in [0.3, 0.4) is 0 Å². The number of nitrogens with one attached hydrogen (secondary N) is 1. The molecule has 2 heterocycles. The van der Waals surface area contributed by atoms with Crippen LogP contribution in [-0.2, 0) is 11.2 Å². The molecule has 0 saturated heterocycles. The van der Waals surface area contributed by atoms with Crippen molar-refractivity contribution in [1.29, 1.82) is 0 Å². The summed E-state index contributed by atoms with van der Waals surface area (Å²) in [5.74, 6) is -1.07. The fourth-order valence-electron chi connectivity index (χ4n) is 1.41. The van der Waals surface area contributed by atoms with Gasteiger partial charge in [-0.2, -0.15) is 0 Å². The van der Waals surface area contributed by atoms with Crippen LogP contribution in [0.4, 0.5) is 5.00 Å². The molecule has 2 N–H and O–H groups in total. The third-order valence-electron chi connectivity index (χ3n) is 2.26. The summed E-state index contributed by atoms with van der Waals surface area (Å²) in [7, 11) is 0. The highest BCUT2D eigenvalue weighted by atomic mass is 32.1. The molecule has 2 rings (SSSR count). The topological polar surface area (TPSA) is 66.4 Å². The van der Waals surface area contributed by atoms with Crippen molar-refractivity contribution in [3.63, 3.8) is 0 Å². The Morgan fingerprint density at radius 1 is 1.28 bits per heavy atom. The van der Waals surface area contributed by atoms with Crippen molar-refractivity contribution in [3.8, 4) is 0 Å². The minimum absolute atomic E-state index is 0.0952. The quantitative estimate of drug-likeness (QED) is 0.885. The van der Waals surface area contributed by atoms with Crippen LogP contribution in [0, 0.1) is 0 Å². The van der Waals surface area contributed by atoms with Crippen molar-refractivity contribution in [2.75, 3.05) is 5.32 Å². The van der Waals surface area contributed by atoms with Gasteiger partial charge in [0.2, 0.25) is 5.91 Å². The van der Waals surface area contributed by atoms with Crippen LogP contribution in [-0.4, -0.2) is 17.0 Å². The zero-order chi connectivity index (χ0) is 13.0. The van der Waals surface area contributed by atoms with Gasteiger partial charge in [0.05, 0.1) is 5.00 Å². The molecule has 0 radical (unpaired) electrons. The summed E-state index contributed by atoms with van der Waals surface area (Å²) in [5, 5.41) is 14.0. The Kier molecular flexibility index (Phi) is 4.11. The minimum Gasteiger partial charge on any atom is -0.477 e. The number of aryl methyl sites for hydroxylation is 1. The number of aromatic carboxylic acids is 1. The molecule has 1 amide bonds. The Balaban J connectivity index is 1.85. The number of hydrogen-bond acceptors (Lipinski definition) is 4. The van der Waals surface area contributed by atoms with Gasteiger partial charge in [-0.05, 0) is 30.0 Å². The van der Waals surface area contributed by atoms with E-state index in [-0.39, 0.29) is 10.8 Å². The highest BCUT2D eigenvalue weighted by Crippen LogP contribution is 2.22. The van der Waals surface area contributed by atoms with E-state index in [2.05, 4.69) is 5.32 Å². The molecule has 0 aliphatic heterocycles. The molecule has 18 heavy (non-hydrogen) atoms. The summed E-state index contributed by atoms with van der Waals surface area (Å²) in [6.07, 6.45) is 1.11. The van der Waals surface area contributed by atoms with E-state index in [1.54, 1.807) is 17.4 Å². The fourth-order valence-corrected chi connectivity index (χ4v) is 2.88. The molecule has 0 spiro atoms. The maximum Gasteiger partial charge on any atom is 0.345 e. The summed E-state index contributed by atoms with van der Waals surface area (Å²) in [4.78, 5) is 23.7. The normalized spacial score (nSPS) is 10.2. The number of anilines is 1. The number of amides is 1. The van der Waals surface area contributed by atoms with Crippen LogP contribution in [0.1, 0.15) is 21.0 Å². The molecule has 6 heteroatoms. The first-order valence-corrected chi connectivity index (χ1v) is 7.00. The van der Waals surface area contributed by atoms with E-state index >= 15 is 0 Å². The van der Waals surface area contributed by atoms with Gasteiger partial charge in [-0.25, -0.2) is 4.79 Å². The second-order valence-corrected chi connectivity index (χ2v) is 5.71. The zero-order valence-electron chi connectivity index (χ0n) is 9.38. The molecule has 0 fully saturated rings. The van der Waals surface area contributed by atoms with Gasteiger partial charge in [-0.3, -0.25) is 4.79 Å². The highest BCUT2D eigenvalue weighted by Gasteiger charge is 2.09. The Morgan fingerprint density at radius 3 is 2.72 bits per heavy atom. The molecule has 0 aromatic carbocycles. The van der Waals surface area contributed by atoms with E-state index in [4.69, 9.17) is 5.11 Å². The van der Waals surface area contributed by atoms with E-state index < -0.39 is 5.97 Å². The molecule has 94 valence electrons. The van der Waals surface area contributed by atoms with Gasteiger partial charge in [0.15, 0.2) is 0 Å². The maximum atomic E-state index is 11.6. The zero-order valence-corrected chi connectivity index (χ0v) is 11.0. The first-order chi connectivity index (χ1) is 8.65. The van der Waals surface area contributed by atoms with Gasteiger partial charge < -0.3 is 10.4 Å². The average molecular weight is 281 g/mol. The molecule has 4 nitrogen and oxygen atoms in total. The lowest BCUT2D eigenvalue weighted by atomic mass is 10.2. The molecule has 0 aliphatic rings. The van der Waals surface area contributed by atoms with Gasteiger partial charge in [0.25, 0.3) is 0 Å². The number of carboxylic acids is 1. The molecule has 0 saturated carbocycles. The third-order valence-corrected chi connectivity index (χ3v) is 4.18. The van der Waals surface area contributed by atoms with Crippen molar-refractivity contribution >= 4 is 39.6 Å². The summed E-state index contributed by atoms with van der Waals surface area (Å²) in [6.45, 7) is 0. The largest absolute Gasteiger partial charge is 0.477 e. The number of carbonyl (C=O) groups is 2. The van der Waals surface area contributed by atoms with Crippen molar-refractivity contribution in [1.82, 2.24) is 0 Å². The molecular formula is C12H11NO3S2. The lowest BCUT2D eigenvalue weighted by Gasteiger charge is -2.00. The summed E-state index contributed by atoms with van der Waals surface area (Å²) in [5.41, 5.74) is 0. The van der Waals surface area contributed by atoms with Gasteiger partial charge in [0, 0.05) is 11.3 Å². The number of carboxylic acid groups (broad SMARTS) is 1. The number of carbonyl (C=O) groups excluding carboxylic acids is 1. The predicted octanol–water partition coefficient (Wildman–Crippen LogP) is 3.08. The number of thiophene rings is 2. The van der Waals surface area contributed by atoms with Gasteiger partial charge in [0.1, 0.15) is 4.88 Å². The van der Waals surface area contributed by atoms with Crippen LogP contribution in [0.25, 0.3) is 0 Å². The van der Waals surface area contributed by atoms with Crippen LogP contribution in [0.15, 0.2) is 29.6 Å². The average Bonchev–Trinajstić information content (AvgIpc) is 2.96. The molecule has 0 unspecified atom stereocenters. The minimum atomic E-state index is -0.973. The molecular weight excluding hydrogens is 270 g/mol. The molecule has 0 bridgehead atoms. The van der Waals surface area contributed by atoms with E-state index in [0.29, 0.717) is 17.8 Å². The summed E-state index contributed by atoms with van der Waals surface area (Å²) in [6, 6.07) is 7.04. The smallest absolute Gasteiger partial charge is 0.345 e. The van der Waals surface area contributed by atoms with Crippen LogP contribution >= 0.6 is 22.7 Å². The SMILES string of the molecule is O=C(CCc1cccs1)Nc1ccc(C(=O)O)s1. The van der Waals surface area contributed by atoms with E-state index in [9.17, 15) is 9.59 Å². The highest BCUT2D eigenvalue weighted by molar-refractivity contribution is 7.18. The van der Waals surface area contributed by atoms with E-state index in [1.165, 1.54) is 10.9 Å². The fraction of sp³-hybridized carbons (Fsp3) is 0.167. The Morgan fingerprint density at radius 2 is 2.11 bits per heavy atom. The molecule has 0 atom stereocenters. The van der Waals surface area contributed by atoms with Crippen molar-refractivity contribution in [2.45, 2.75) is 12.8 Å². The molecule has 2 aromatic rings. The standard InChI is InChI=1S/C12H11NO3S2/c14-10(5-3-8-2-1-7-17-8)13-11-6-4-9(18-11)12(15)16/h1-2,4,6-7H,3,5H2,(H,13,14)(H,15,16). The van der Waals surface area contributed by atoms with Gasteiger partial charge in [-0.1, -0.05) is 6.07 Å². The van der Waals surface area contributed by atoms with Crippen LogP contribution in [0.5, 0.6) is 0 Å². The lowest BCUT2D eigenvalue weighted by molar-refractivity contribution is -0.116. The van der Waals surface area contributed by atoms with E-state index in [0.717, 1.165) is 11.3 Å². The van der Waals surface area contributed by atoms with Crippen molar-refractivity contribution in [2.24, 2.45) is 0 Å². The maximum absolute atomic E-state index is 11.6. The Bertz CT molecular complexity index is 545. The monoisotopic (exact) mass is 281 g/mol. The molecule has 2 aromatic heterocycles. The van der Waals surface area contributed by atoms with Crippen LogP contribution in [0.2, 0.25) is 0 Å². The number of hydrogen-bond donors (Lipinski definition) is 2. The summed E-state index contributed by atoms with van der Waals surface area (Å²) >= 11 is 2.69. The molecule has 0 aliphatic carbocycles. The Hall–Kier alpha value is -1.66. The third kappa shape index (κ3) is 3.41. The van der Waals surface area contributed by atoms with Crippen LogP contribution < -0.4 is 5.32 Å². The number of rotatable bonds is 5. The van der Waals surface area contributed by atoms with Gasteiger partial charge in [-0.15, -0.1) is 22.7 Å². The van der Waals surface area contributed by atoms with Crippen molar-refractivity contribution in [3.05, 3.63) is 39.4 Å². The second-order valence-electron chi connectivity index (χ2n) is 3.60. The van der Waals surface area contributed by atoms with Crippen molar-refractivity contribution < 1.29 is 14.7 Å². The van der Waals surface area contributed by atoms with Gasteiger partial charge >= 0.3 is 5.97 Å². The summed E-state index contributed by atoms with van der Waals surface area (Å²) < 4.78 is 0. The lowest BCUT2D eigenvalue weighted by Crippen LogP contribution is -2.10. The predicted molar refractivity (Wildman–Crippen MR) is 72.5 cm³/mol.